The SMILES string of the molecule is O=C([O-])[O-].[Co+2].[NH4+].[OH-]. The molecule has 0 saturated carbocycles. The van der Waals surface area contributed by atoms with Crippen LogP contribution < -0.4 is 16.4 Å². The number of carbonyl (C=O) groups excluding carboxylic acids is 1. The topological polar surface area (TPSA) is 130 Å². The van der Waals surface area contributed by atoms with E-state index in [1.807, 2.05) is 0 Å². The van der Waals surface area contributed by atoms with Crippen molar-refractivity contribution in [2.75, 3.05) is 0 Å². The van der Waals surface area contributed by atoms with Gasteiger partial charge in [-0.3, -0.25) is 0 Å². The number of carbonyl (C=O) groups is 1. The Morgan fingerprint density at radius 1 is 1.29 bits per heavy atom. The van der Waals surface area contributed by atoms with Crippen LogP contribution in [-0.4, -0.2) is 11.6 Å². The molecule has 0 aliphatic rings. The minimum absolute atomic E-state index is 0. The zero-order valence-electron chi connectivity index (χ0n) is 3.51. The zero-order valence-corrected chi connectivity index (χ0v) is 4.55. The van der Waals surface area contributed by atoms with Crippen LogP contribution in [0.2, 0.25) is 0 Å². The number of rotatable bonds is 0. The summed E-state index contributed by atoms with van der Waals surface area (Å²) in [4.78, 5) is 8.33. The Morgan fingerprint density at radius 3 is 1.29 bits per heavy atom. The van der Waals surface area contributed by atoms with Crippen LogP contribution >= 0.6 is 0 Å². The van der Waals surface area contributed by atoms with Crippen LogP contribution in [0, 0.1) is 0 Å². The van der Waals surface area contributed by atoms with Crippen LogP contribution in [0.5, 0.6) is 0 Å². The van der Waals surface area contributed by atoms with E-state index in [4.69, 9.17) is 15.0 Å². The summed E-state index contributed by atoms with van der Waals surface area (Å²) in [5.74, 6) is 0. The predicted octanol–water partition coefficient (Wildman–Crippen LogP) is -2.25. The first-order valence-electron chi connectivity index (χ1n) is 0.612. The summed E-state index contributed by atoms with van der Waals surface area (Å²) in [6.07, 6.45) is -2.33. The molecule has 0 unspecified atom stereocenters. The van der Waals surface area contributed by atoms with Gasteiger partial charge >= 0.3 is 16.8 Å². The van der Waals surface area contributed by atoms with Crippen LogP contribution in [0.4, 0.5) is 4.79 Å². The average molecular weight is 154 g/mol. The van der Waals surface area contributed by atoms with Crippen LogP contribution in [0.15, 0.2) is 0 Å². The Kier molecular flexibility index (Phi) is 73.8. The largest absolute Gasteiger partial charge is 2.00 e. The molecule has 0 bridgehead atoms. The molecule has 0 saturated heterocycles. The third-order valence-electron chi connectivity index (χ3n) is 0. The maximum atomic E-state index is 8.33. The van der Waals surface area contributed by atoms with E-state index >= 15 is 0 Å². The fourth-order valence-corrected chi connectivity index (χ4v) is 0. The van der Waals surface area contributed by atoms with Crippen molar-refractivity contribution >= 4 is 6.16 Å². The number of hydrogen-bond acceptors (Lipinski definition) is 4. The van der Waals surface area contributed by atoms with E-state index in [1.54, 1.807) is 0 Å². The summed E-state index contributed by atoms with van der Waals surface area (Å²) in [7, 11) is 0. The third kappa shape index (κ3) is 845. The first-order chi connectivity index (χ1) is 1.73. The normalized spacial score (nSPS) is 3.43. The summed E-state index contributed by atoms with van der Waals surface area (Å²) in [5, 5.41) is 16.7. The second-order valence-corrected chi connectivity index (χ2v) is 0.250. The van der Waals surface area contributed by atoms with E-state index in [1.165, 1.54) is 0 Å². The molecule has 0 heterocycles. The van der Waals surface area contributed by atoms with Gasteiger partial charge in [-0.25, -0.2) is 0 Å². The minimum Gasteiger partial charge on any atom is -0.870 e. The Hall–Kier alpha value is -0.304. The first-order valence-corrected chi connectivity index (χ1v) is 0.612. The molecule has 0 atom stereocenters. The van der Waals surface area contributed by atoms with Gasteiger partial charge in [0.15, 0.2) is 0 Å². The fraction of sp³-hybridized carbons (Fsp3) is 0. The summed E-state index contributed by atoms with van der Waals surface area (Å²) in [5.41, 5.74) is 0. The number of quaternary nitrogens is 1. The van der Waals surface area contributed by atoms with Gasteiger partial charge in [0.1, 0.15) is 0 Å². The van der Waals surface area contributed by atoms with Crippen molar-refractivity contribution in [1.29, 1.82) is 0 Å². The van der Waals surface area contributed by atoms with Crippen molar-refractivity contribution in [2.24, 2.45) is 0 Å². The second kappa shape index (κ2) is 17.3. The van der Waals surface area contributed by atoms with Gasteiger partial charge in [-0.2, -0.15) is 0 Å². The van der Waals surface area contributed by atoms with Gasteiger partial charge in [-0.1, -0.05) is 0 Å². The van der Waals surface area contributed by atoms with Crippen molar-refractivity contribution in [3.63, 3.8) is 0 Å². The Balaban J connectivity index is -0.0000000150. The predicted molar refractivity (Wildman–Crippen MR) is 13.3 cm³/mol. The standard InChI is InChI=1S/CH2O3.Co.H3N.H2O/c2-1(3)4;;;/h(H2,2,3,4);;1H3;1H2/q;+2;;/p-2. The van der Waals surface area contributed by atoms with E-state index in [0.717, 1.165) is 0 Å². The number of hydrogen-bond donors (Lipinski definition) is 1. The van der Waals surface area contributed by atoms with Gasteiger partial charge in [0.25, 0.3) is 0 Å². The molecule has 5 N–H and O–H groups in total. The fourth-order valence-electron chi connectivity index (χ4n) is 0. The monoisotopic (exact) mass is 154 g/mol. The van der Waals surface area contributed by atoms with Crippen molar-refractivity contribution in [2.45, 2.75) is 0 Å². The van der Waals surface area contributed by atoms with Crippen molar-refractivity contribution in [3.05, 3.63) is 0 Å². The molecule has 47 valence electrons. The van der Waals surface area contributed by atoms with E-state index in [9.17, 15) is 0 Å². The zero-order chi connectivity index (χ0) is 3.58. The minimum atomic E-state index is -2.33. The number of carboxylic acid groups (broad SMARTS) is 2. The van der Waals surface area contributed by atoms with Gasteiger partial charge < -0.3 is 26.6 Å². The Morgan fingerprint density at radius 2 is 1.29 bits per heavy atom. The van der Waals surface area contributed by atoms with E-state index in [-0.39, 0.29) is 28.4 Å². The average Bonchev–Trinajstić information content (AvgIpc) is 0.811. The van der Waals surface area contributed by atoms with Gasteiger partial charge in [0.05, 0.1) is 0 Å². The molecule has 0 rings (SSSR count). The molecular formula is CH5CoNO4. The van der Waals surface area contributed by atoms with Gasteiger partial charge in [-0.05, 0) is 6.16 Å². The van der Waals surface area contributed by atoms with E-state index in [2.05, 4.69) is 0 Å². The van der Waals surface area contributed by atoms with Gasteiger partial charge in [0, 0.05) is 0 Å². The first kappa shape index (κ1) is 29.9. The van der Waals surface area contributed by atoms with Crippen LogP contribution in [0.25, 0.3) is 0 Å². The Labute approximate surface area is 50.4 Å². The maximum absolute atomic E-state index is 8.33. The molecule has 0 spiro atoms. The molecular weight excluding hydrogens is 149 g/mol. The molecule has 0 aromatic rings. The Bertz CT molecular complexity index is 34.7. The quantitative estimate of drug-likeness (QED) is 0.422. The van der Waals surface area contributed by atoms with Crippen molar-refractivity contribution in [1.82, 2.24) is 6.15 Å². The molecule has 0 aromatic carbocycles. The maximum Gasteiger partial charge on any atom is 2.00 e. The summed E-state index contributed by atoms with van der Waals surface area (Å²) < 4.78 is 0. The summed E-state index contributed by atoms with van der Waals surface area (Å²) >= 11 is 0. The van der Waals surface area contributed by atoms with Crippen LogP contribution in [0.3, 0.4) is 0 Å². The summed E-state index contributed by atoms with van der Waals surface area (Å²) in [6, 6.07) is 0. The van der Waals surface area contributed by atoms with Crippen molar-refractivity contribution in [3.8, 4) is 0 Å². The molecule has 0 aliphatic heterocycles. The van der Waals surface area contributed by atoms with Crippen LogP contribution in [0.1, 0.15) is 0 Å². The molecule has 6 heteroatoms. The van der Waals surface area contributed by atoms with Gasteiger partial charge in [-0.15, -0.1) is 0 Å². The molecule has 5 nitrogen and oxygen atoms in total. The smallest absolute Gasteiger partial charge is 0.870 e. The molecule has 0 aliphatic carbocycles. The van der Waals surface area contributed by atoms with E-state index in [0.29, 0.717) is 0 Å². The molecule has 0 aromatic heterocycles. The van der Waals surface area contributed by atoms with Crippen molar-refractivity contribution < 1.29 is 37.3 Å². The van der Waals surface area contributed by atoms with Gasteiger partial charge in [0.2, 0.25) is 0 Å². The van der Waals surface area contributed by atoms with Crippen LogP contribution in [-0.2, 0) is 16.8 Å². The molecule has 0 amide bonds. The van der Waals surface area contributed by atoms with E-state index < -0.39 is 6.16 Å². The summed E-state index contributed by atoms with van der Waals surface area (Å²) in [6.45, 7) is 0. The molecule has 0 fully saturated rings. The third-order valence-corrected chi connectivity index (χ3v) is 0. The second-order valence-electron chi connectivity index (χ2n) is 0.250. The molecule has 7 heavy (non-hydrogen) atoms. The molecule has 1 radical (unpaired) electrons.